The van der Waals surface area contributed by atoms with Crippen molar-refractivity contribution in [1.29, 1.82) is 0 Å². The summed E-state index contributed by atoms with van der Waals surface area (Å²) in [5.74, 6) is 1.22. The summed E-state index contributed by atoms with van der Waals surface area (Å²) in [6.45, 7) is 7.38. The zero-order chi connectivity index (χ0) is 20.5. The molecule has 2 aromatic rings. The van der Waals surface area contributed by atoms with Gasteiger partial charge in [-0.3, -0.25) is 14.5 Å². The Kier molecular flexibility index (Phi) is 8.02. The second-order valence-corrected chi connectivity index (χ2v) is 6.36. The molecule has 0 saturated carbocycles. The lowest BCUT2D eigenvalue weighted by atomic mass is 10.1. The average molecular weight is 384 g/mol. The minimum absolute atomic E-state index is 0.00117. The number of nitrogens with zero attached hydrogens (tertiary/aromatic N) is 1. The molecule has 1 N–H and O–H groups in total. The predicted molar refractivity (Wildman–Crippen MR) is 110 cm³/mol. The third-order valence-electron chi connectivity index (χ3n) is 4.36. The van der Waals surface area contributed by atoms with Crippen LogP contribution in [0.2, 0.25) is 0 Å². The van der Waals surface area contributed by atoms with Gasteiger partial charge in [0.05, 0.1) is 25.9 Å². The number of anilines is 1. The molecule has 0 heterocycles. The number of nitrogens with one attached hydrogen (secondary N) is 1. The summed E-state index contributed by atoms with van der Waals surface area (Å²) in [7, 11) is 1.57. The highest BCUT2D eigenvalue weighted by Gasteiger charge is 2.15. The van der Waals surface area contributed by atoms with Gasteiger partial charge < -0.3 is 14.8 Å². The summed E-state index contributed by atoms with van der Waals surface area (Å²) in [4.78, 5) is 26.3. The molecule has 0 aromatic heterocycles. The predicted octanol–water partition coefficient (Wildman–Crippen LogP) is 3.76. The standard InChI is InChI=1S/C22H28N2O4/c1-5-24(15-22(26)23-19-9-7-8-10-21(19)27-4)14-18-13-17(16(3)25)11-12-20(18)28-6-2/h7-13H,5-6,14-15H2,1-4H3,(H,23,26). The number of carbonyl (C=O) groups is 2. The maximum atomic E-state index is 12.5. The van der Waals surface area contributed by atoms with E-state index in [0.717, 1.165) is 11.3 Å². The van der Waals surface area contributed by atoms with Crippen LogP contribution in [-0.4, -0.2) is 43.4 Å². The van der Waals surface area contributed by atoms with E-state index in [1.54, 1.807) is 25.3 Å². The molecule has 0 spiro atoms. The third-order valence-corrected chi connectivity index (χ3v) is 4.36. The number of likely N-dealkylation sites (N-methyl/N-ethyl adjacent to an activating group) is 1. The van der Waals surface area contributed by atoms with Gasteiger partial charge in [-0.1, -0.05) is 19.1 Å². The smallest absolute Gasteiger partial charge is 0.238 e. The largest absolute Gasteiger partial charge is 0.495 e. The number of hydrogen-bond acceptors (Lipinski definition) is 5. The third kappa shape index (κ3) is 5.82. The number of methoxy groups -OCH3 is 1. The molecule has 0 saturated heterocycles. The topological polar surface area (TPSA) is 67.9 Å². The van der Waals surface area contributed by atoms with Gasteiger partial charge in [-0.25, -0.2) is 0 Å². The molecular weight excluding hydrogens is 356 g/mol. The van der Waals surface area contributed by atoms with Crippen molar-refractivity contribution < 1.29 is 19.1 Å². The Bertz CT molecular complexity index is 820. The number of ketones is 1. The summed E-state index contributed by atoms with van der Waals surface area (Å²) in [6, 6.07) is 12.7. The van der Waals surface area contributed by atoms with Gasteiger partial charge in [-0.15, -0.1) is 0 Å². The maximum Gasteiger partial charge on any atom is 0.238 e. The van der Waals surface area contributed by atoms with Crippen molar-refractivity contribution in [2.45, 2.75) is 27.3 Å². The average Bonchev–Trinajstić information content (AvgIpc) is 2.69. The number of para-hydroxylation sites is 2. The highest BCUT2D eigenvalue weighted by molar-refractivity contribution is 5.94. The highest BCUT2D eigenvalue weighted by atomic mass is 16.5. The first-order chi connectivity index (χ1) is 13.5. The molecule has 6 heteroatoms. The van der Waals surface area contributed by atoms with Crippen molar-refractivity contribution in [2.24, 2.45) is 0 Å². The van der Waals surface area contributed by atoms with Gasteiger partial charge in [0.2, 0.25) is 5.91 Å². The van der Waals surface area contributed by atoms with Crippen LogP contribution in [0.3, 0.4) is 0 Å². The van der Waals surface area contributed by atoms with Crippen LogP contribution in [0.1, 0.15) is 36.7 Å². The second kappa shape index (κ2) is 10.5. The van der Waals surface area contributed by atoms with Crippen molar-refractivity contribution in [3.05, 3.63) is 53.6 Å². The Hall–Kier alpha value is -2.86. The van der Waals surface area contributed by atoms with Gasteiger partial charge in [0.1, 0.15) is 11.5 Å². The van der Waals surface area contributed by atoms with Crippen LogP contribution in [0, 0.1) is 0 Å². The normalized spacial score (nSPS) is 10.6. The van der Waals surface area contributed by atoms with Crippen LogP contribution < -0.4 is 14.8 Å². The van der Waals surface area contributed by atoms with E-state index in [1.807, 2.05) is 43.0 Å². The van der Waals surface area contributed by atoms with Gasteiger partial charge in [-0.05, 0) is 50.7 Å². The van der Waals surface area contributed by atoms with Crippen LogP contribution >= 0.6 is 0 Å². The SMILES string of the molecule is CCOc1ccc(C(C)=O)cc1CN(CC)CC(=O)Nc1ccccc1OC. The van der Waals surface area contributed by atoms with Gasteiger partial charge in [0.15, 0.2) is 5.78 Å². The number of rotatable bonds is 10. The van der Waals surface area contributed by atoms with Gasteiger partial charge in [-0.2, -0.15) is 0 Å². The molecule has 150 valence electrons. The number of amides is 1. The number of carbonyl (C=O) groups excluding carboxylic acids is 2. The van der Waals surface area contributed by atoms with E-state index in [9.17, 15) is 9.59 Å². The van der Waals surface area contributed by atoms with E-state index in [-0.39, 0.29) is 18.2 Å². The molecule has 0 atom stereocenters. The first kappa shape index (κ1) is 21.4. The Morgan fingerprint density at radius 2 is 1.82 bits per heavy atom. The first-order valence-corrected chi connectivity index (χ1v) is 9.40. The number of Topliss-reactive ketones (excluding diaryl/α,β-unsaturated/α-hetero) is 1. The van der Waals surface area contributed by atoms with Crippen LogP contribution in [0.4, 0.5) is 5.69 Å². The van der Waals surface area contributed by atoms with Crippen molar-refractivity contribution in [3.63, 3.8) is 0 Å². The monoisotopic (exact) mass is 384 g/mol. The second-order valence-electron chi connectivity index (χ2n) is 6.36. The van der Waals surface area contributed by atoms with Gasteiger partial charge >= 0.3 is 0 Å². The Labute approximate surface area is 166 Å². The summed E-state index contributed by atoms with van der Waals surface area (Å²) < 4.78 is 11.0. The quantitative estimate of drug-likeness (QED) is 0.632. The van der Waals surface area contributed by atoms with Gasteiger partial charge in [0, 0.05) is 17.7 Å². The molecular formula is C22H28N2O4. The van der Waals surface area contributed by atoms with E-state index >= 15 is 0 Å². The van der Waals surface area contributed by atoms with E-state index in [0.29, 0.717) is 36.7 Å². The first-order valence-electron chi connectivity index (χ1n) is 9.40. The molecule has 2 aromatic carbocycles. The number of ether oxygens (including phenoxy) is 2. The van der Waals surface area contributed by atoms with E-state index in [1.165, 1.54) is 6.92 Å². The summed E-state index contributed by atoms with van der Waals surface area (Å²) in [6.07, 6.45) is 0. The summed E-state index contributed by atoms with van der Waals surface area (Å²) in [5, 5.41) is 2.89. The van der Waals surface area contributed by atoms with E-state index in [4.69, 9.17) is 9.47 Å². The highest BCUT2D eigenvalue weighted by Crippen LogP contribution is 2.24. The summed E-state index contributed by atoms with van der Waals surface area (Å²) >= 11 is 0. The molecule has 0 aliphatic carbocycles. The van der Waals surface area contributed by atoms with E-state index in [2.05, 4.69) is 5.32 Å². The molecule has 0 bridgehead atoms. The zero-order valence-corrected chi connectivity index (χ0v) is 17.0. The maximum absolute atomic E-state index is 12.5. The van der Waals surface area contributed by atoms with Crippen molar-refractivity contribution in [1.82, 2.24) is 4.90 Å². The number of hydrogen-bond donors (Lipinski definition) is 1. The molecule has 0 aliphatic heterocycles. The lowest BCUT2D eigenvalue weighted by Crippen LogP contribution is -2.33. The van der Waals surface area contributed by atoms with Crippen LogP contribution in [0.25, 0.3) is 0 Å². The molecule has 0 fully saturated rings. The van der Waals surface area contributed by atoms with E-state index < -0.39 is 0 Å². The molecule has 6 nitrogen and oxygen atoms in total. The fourth-order valence-corrected chi connectivity index (χ4v) is 2.88. The van der Waals surface area contributed by atoms with Crippen molar-refractivity contribution in [2.75, 3.05) is 32.1 Å². The molecule has 1 amide bonds. The fourth-order valence-electron chi connectivity index (χ4n) is 2.88. The zero-order valence-electron chi connectivity index (χ0n) is 17.0. The number of benzene rings is 2. The van der Waals surface area contributed by atoms with Crippen LogP contribution in [-0.2, 0) is 11.3 Å². The molecule has 0 radical (unpaired) electrons. The molecule has 2 rings (SSSR count). The Balaban J connectivity index is 2.12. The minimum Gasteiger partial charge on any atom is -0.495 e. The lowest BCUT2D eigenvalue weighted by Gasteiger charge is -2.22. The minimum atomic E-state index is -0.132. The molecule has 28 heavy (non-hydrogen) atoms. The van der Waals surface area contributed by atoms with Crippen LogP contribution in [0.5, 0.6) is 11.5 Å². The Morgan fingerprint density at radius 3 is 2.46 bits per heavy atom. The fraction of sp³-hybridized carbons (Fsp3) is 0.364. The lowest BCUT2D eigenvalue weighted by molar-refractivity contribution is -0.117. The molecule has 0 aliphatic rings. The van der Waals surface area contributed by atoms with Crippen molar-refractivity contribution >= 4 is 17.4 Å². The Morgan fingerprint density at radius 1 is 1.07 bits per heavy atom. The van der Waals surface area contributed by atoms with Crippen molar-refractivity contribution in [3.8, 4) is 11.5 Å². The van der Waals surface area contributed by atoms with Gasteiger partial charge in [0.25, 0.3) is 0 Å². The van der Waals surface area contributed by atoms with Crippen LogP contribution in [0.15, 0.2) is 42.5 Å². The summed E-state index contributed by atoms with van der Waals surface area (Å²) in [5.41, 5.74) is 2.16. The molecule has 0 unspecified atom stereocenters.